The van der Waals surface area contributed by atoms with Crippen LogP contribution in [0.1, 0.15) is 50.0 Å². The van der Waals surface area contributed by atoms with Crippen LogP contribution in [0.4, 0.5) is 0 Å². The number of esters is 1. The third-order valence-corrected chi connectivity index (χ3v) is 7.46. The van der Waals surface area contributed by atoms with E-state index in [1.807, 2.05) is 61.9 Å². The lowest BCUT2D eigenvalue weighted by atomic mass is 10.1. The third kappa shape index (κ3) is 4.19. The highest BCUT2D eigenvalue weighted by molar-refractivity contribution is 7.20. The number of hydrogen-bond donors (Lipinski definition) is 0. The first-order chi connectivity index (χ1) is 16.4. The molecule has 1 saturated heterocycles. The molecule has 5 rings (SSSR count). The van der Waals surface area contributed by atoms with Gasteiger partial charge in [0.15, 0.2) is 6.61 Å². The van der Waals surface area contributed by atoms with Crippen LogP contribution in [0.5, 0.6) is 0 Å². The summed E-state index contributed by atoms with van der Waals surface area (Å²) in [5.41, 5.74) is 4.25. The van der Waals surface area contributed by atoms with Crippen LogP contribution in [0.3, 0.4) is 0 Å². The van der Waals surface area contributed by atoms with E-state index in [-0.39, 0.29) is 18.5 Å². The van der Waals surface area contributed by atoms with Gasteiger partial charge in [-0.25, -0.2) is 9.48 Å². The van der Waals surface area contributed by atoms with Gasteiger partial charge in [0, 0.05) is 35.5 Å². The van der Waals surface area contributed by atoms with Gasteiger partial charge in [0.25, 0.3) is 0 Å². The van der Waals surface area contributed by atoms with Crippen LogP contribution in [-0.2, 0) is 16.0 Å². The molecule has 0 aliphatic carbocycles. The number of aromatic nitrogens is 3. The number of aryl methyl sites for hydroxylation is 2. The van der Waals surface area contributed by atoms with E-state index in [1.54, 1.807) is 6.07 Å². The maximum absolute atomic E-state index is 12.9. The number of carbonyl (C=O) groups is 2. The SMILES string of the molecule is Cc1nn(-c2ccccc2)c2sc(C(=O)OCC(=O)c3cc(C)n(C[C@@H]4CCCO4)c3C)cc12. The van der Waals surface area contributed by atoms with Gasteiger partial charge in [-0.1, -0.05) is 18.2 Å². The summed E-state index contributed by atoms with van der Waals surface area (Å²) < 4.78 is 15.1. The van der Waals surface area contributed by atoms with E-state index < -0.39 is 5.97 Å². The summed E-state index contributed by atoms with van der Waals surface area (Å²) in [4.78, 5) is 27.0. The fraction of sp³-hybridized carbons (Fsp3) is 0.346. The van der Waals surface area contributed by atoms with E-state index in [2.05, 4.69) is 9.67 Å². The maximum Gasteiger partial charge on any atom is 0.348 e. The number of fused-ring (bicyclic) bond motifs is 1. The second kappa shape index (κ2) is 9.19. The van der Waals surface area contributed by atoms with Gasteiger partial charge in [-0.2, -0.15) is 5.10 Å². The zero-order chi connectivity index (χ0) is 23.8. The van der Waals surface area contributed by atoms with Crippen LogP contribution in [0.25, 0.3) is 15.9 Å². The van der Waals surface area contributed by atoms with Gasteiger partial charge in [0.2, 0.25) is 5.78 Å². The van der Waals surface area contributed by atoms with E-state index in [9.17, 15) is 9.59 Å². The predicted molar refractivity (Wildman–Crippen MR) is 131 cm³/mol. The van der Waals surface area contributed by atoms with Crippen molar-refractivity contribution in [1.82, 2.24) is 14.3 Å². The second-order valence-corrected chi connectivity index (χ2v) is 9.72. The van der Waals surface area contributed by atoms with Crippen LogP contribution in [0.15, 0.2) is 42.5 Å². The van der Waals surface area contributed by atoms with E-state index in [0.717, 1.165) is 59.0 Å². The van der Waals surface area contributed by atoms with Crippen LogP contribution in [-0.4, -0.2) is 45.4 Å². The molecule has 176 valence electrons. The van der Waals surface area contributed by atoms with E-state index >= 15 is 0 Å². The lowest BCUT2D eigenvalue weighted by Crippen LogP contribution is -2.18. The Morgan fingerprint density at radius 1 is 1.18 bits per heavy atom. The number of thiophene rings is 1. The number of para-hydroxylation sites is 1. The predicted octanol–water partition coefficient (Wildman–Crippen LogP) is 5.03. The summed E-state index contributed by atoms with van der Waals surface area (Å²) in [7, 11) is 0. The van der Waals surface area contributed by atoms with Gasteiger partial charge in [0.1, 0.15) is 9.71 Å². The number of nitrogens with zero attached hydrogens (tertiary/aromatic N) is 3. The Morgan fingerprint density at radius 2 is 1.97 bits per heavy atom. The largest absolute Gasteiger partial charge is 0.453 e. The quantitative estimate of drug-likeness (QED) is 0.276. The van der Waals surface area contributed by atoms with E-state index in [1.165, 1.54) is 11.3 Å². The molecule has 0 radical (unpaired) electrons. The minimum atomic E-state index is -0.498. The Morgan fingerprint density at radius 3 is 2.71 bits per heavy atom. The van der Waals surface area contributed by atoms with Crippen molar-refractivity contribution < 1.29 is 19.1 Å². The van der Waals surface area contributed by atoms with Crippen molar-refractivity contribution in [2.45, 2.75) is 46.3 Å². The first kappa shape index (κ1) is 22.6. The monoisotopic (exact) mass is 477 g/mol. The summed E-state index contributed by atoms with van der Waals surface area (Å²) >= 11 is 1.32. The molecule has 8 heteroatoms. The van der Waals surface area contributed by atoms with Crippen LogP contribution in [0, 0.1) is 20.8 Å². The molecular formula is C26H27N3O4S. The van der Waals surface area contributed by atoms with Crippen LogP contribution >= 0.6 is 11.3 Å². The average molecular weight is 478 g/mol. The third-order valence-electron chi connectivity index (χ3n) is 6.37. The van der Waals surface area contributed by atoms with Gasteiger partial charge < -0.3 is 14.0 Å². The Labute approximate surface area is 201 Å². The number of benzene rings is 1. The molecule has 1 fully saturated rings. The smallest absolute Gasteiger partial charge is 0.348 e. The molecule has 0 bridgehead atoms. The minimum Gasteiger partial charge on any atom is -0.453 e. The summed E-state index contributed by atoms with van der Waals surface area (Å²) in [5, 5.41) is 5.51. The van der Waals surface area contributed by atoms with Crippen molar-refractivity contribution in [2.24, 2.45) is 0 Å². The number of hydrogen-bond acceptors (Lipinski definition) is 6. The lowest BCUT2D eigenvalue weighted by Gasteiger charge is -2.14. The zero-order valence-corrected chi connectivity index (χ0v) is 20.4. The molecule has 0 unspecified atom stereocenters. The van der Waals surface area contributed by atoms with Gasteiger partial charge >= 0.3 is 5.97 Å². The normalized spacial score (nSPS) is 15.8. The van der Waals surface area contributed by atoms with Crippen molar-refractivity contribution >= 4 is 33.3 Å². The van der Waals surface area contributed by atoms with Crippen LogP contribution in [0.2, 0.25) is 0 Å². The highest BCUT2D eigenvalue weighted by Crippen LogP contribution is 2.31. The van der Waals surface area contributed by atoms with Gasteiger partial charge in [-0.15, -0.1) is 11.3 Å². The molecular weight excluding hydrogens is 450 g/mol. The molecule has 1 aliphatic rings. The number of ketones is 1. The van der Waals surface area contributed by atoms with E-state index in [4.69, 9.17) is 9.47 Å². The van der Waals surface area contributed by atoms with Crippen LogP contribution < -0.4 is 0 Å². The number of Topliss-reactive ketones (excluding diaryl/α,β-unsaturated/α-hetero) is 1. The molecule has 0 amide bonds. The van der Waals surface area contributed by atoms with Gasteiger partial charge in [0.05, 0.1) is 17.5 Å². The second-order valence-electron chi connectivity index (χ2n) is 8.69. The minimum absolute atomic E-state index is 0.189. The lowest BCUT2D eigenvalue weighted by molar-refractivity contribution is 0.0479. The standard InChI is InChI=1S/C26H27N3O4S/c1-16-12-22(18(3)28(16)14-20-10-7-11-32-20)23(30)15-33-26(31)24-13-21-17(2)27-29(25(21)34-24)19-8-5-4-6-9-19/h4-6,8-9,12-13,20H,7,10-11,14-15H2,1-3H3/t20-/m0/s1. The topological polar surface area (TPSA) is 75.4 Å². The molecule has 1 aliphatic heterocycles. The molecule has 0 saturated carbocycles. The molecule has 0 spiro atoms. The molecule has 4 aromatic rings. The Hall–Kier alpha value is -3.23. The highest BCUT2D eigenvalue weighted by atomic mass is 32.1. The van der Waals surface area contributed by atoms with Gasteiger partial charge in [-0.05, 0) is 57.9 Å². The Kier molecular flexibility index (Phi) is 6.10. The Bertz CT molecular complexity index is 1360. The highest BCUT2D eigenvalue weighted by Gasteiger charge is 2.23. The van der Waals surface area contributed by atoms with Crippen molar-refractivity contribution in [3.8, 4) is 5.69 Å². The summed E-state index contributed by atoms with van der Waals surface area (Å²) in [6, 6.07) is 13.5. The molecule has 3 aromatic heterocycles. The molecule has 1 aromatic carbocycles. The number of carbonyl (C=O) groups excluding carboxylic acids is 2. The summed E-state index contributed by atoms with van der Waals surface area (Å²) in [6.07, 6.45) is 2.30. The fourth-order valence-electron chi connectivity index (χ4n) is 4.53. The first-order valence-electron chi connectivity index (χ1n) is 11.5. The Balaban J connectivity index is 1.29. The van der Waals surface area contributed by atoms with Crippen molar-refractivity contribution in [3.63, 3.8) is 0 Å². The van der Waals surface area contributed by atoms with Crippen molar-refractivity contribution in [1.29, 1.82) is 0 Å². The zero-order valence-electron chi connectivity index (χ0n) is 19.5. The molecule has 34 heavy (non-hydrogen) atoms. The molecule has 1 atom stereocenters. The molecule has 4 heterocycles. The average Bonchev–Trinajstić information content (AvgIpc) is 3.61. The van der Waals surface area contributed by atoms with E-state index in [0.29, 0.717) is 10.4 Å². The first-order valence-corrected chi connectivity index (χ1v) is 12.3. The molecule has 0 N–H and O–H groups in total. The number of rotatable bonds is 7. The summed E-state index contributed by atoms with van der Waals surface area (Å²) in [6.45, 7) is 7.08. The maximum atomic E-state index is 12.9. The molecule has 7 nitrogen and oxygen atoms in total. The van der Waals surface area contributed by atoms with Crippen molar-refractivity contribution in [2.75, 3.05) is 13.2 Å². The fourth-order valence-corrected chi connectivity index (χ4v) is 5.60. The number of ether oxygens (including phenoxy) is 2. The summed E-state index contributed by atoms with van der Waals surface area (Å²) in [5.74, 6) is -0.700. The van der Waals surface area contributed by atoms with Crippen molar-refractivity contribution in [3.05, 3.63) is 70.0 Å². The van der Waals surface area contributed by atoms with Gasteiger partial charge in [-0.3, -0.25) is 4.79 Å².